The highest BCUT2D eigenvalue weighted by atomic mass is 32.1. The van der Waals surface area contributed by atoms with Crippen molar-refractivity contribution in [1.82, 2.24) is 15.8 Å². The molecule has 2 amide bonds. The Bertz CT molecular complexity index is 955. The largest absolute Gasteiger partial charge is 0.273 e. The third kappa shape index (κ3) is 4.31. The summed E-state index contributed by atoms with van der Waals surface area (Å²) in [5, 5.41) is 2.63. The summed E-state index contributed by atoms with van der Waals surface area (Å²) >= 11 is 1.45. The summed E-state index contributed by atoms with van der Waals surface area (Å²) < 4.78 is 13.5. The summed E-state index contributed by atoms with van der Waals surface area (Å²) in [6.45, 7) is 2.00. The van der Waals surface area contributed by atoms with E-state index in [9.17, 15) is 14.0 Å². The zero-order chi connectivity index (χ0) is 18.5. The standard InChI is InChI=1S/C19H16FN3O2S/c1-12-5-4-6-13(9-12)19-21-14(11-26-19)10-17(24)22-23-18(25)15-7-2-3-8-16(15)20/h2-9,11H,10H2,1H3,(H,22,24)(H,23,25). The van der Waals surface area contributed by atoms with E-state index in [4.69, 9.17) is 0 Å². The quantitative estimate of drug-likeness (QED) is 0.694. The highest BCUT2D eigenvalue weighted by Gasteiger charge is 2.13. The fourth-order valence-corrected chi connectivity index (χ4v) is 3.16. The Balaban J connectivity index is 1.57. The highest BCUT2D eigenvalue weighted by molar-refractivity contribution is 7.13. The van der Waals surface area contributed by atoms with Crippen LogP contribution in [0.2, 0.25) is 0 Å². The van der Waals surface area contributed by atoms with Gasteiger partial charge in [-0.15, -0.1) is 11.3 Å². The van der Waals surface area contributed by atoms with Crippen molar-refractivity contribution in [2.75, 3.05) is 0 Å². The van der Waals surface area contributed by atoms with Gasteiger partial charge in [0, 0.05) is 10.9 Å². The van der Waals surface area contributed by atoms with Crippen LogP contribution < -0.4 is 10.9 Å². The van der Waals surface area contributed by atoms with E-state index in [1.54, 1.807) is 11.4 Å². The normalized spacial score (nSPS) is 10.4. The molecule has 26 heavy (non-hydrogen) atoms. The van der Waals surface area contributed by atoms with Crippen LogP contribution in [0.1, 0.15) is 21.6 Å². The Morgan fingerprint density at radius 2 is 1.92 bits per heavy atom. The second-order valence-corrected chi connectivity index (χ2v) is 6.53. The number of carbonyl (C=O) groups is 2. The smallest absolute Gasteiger partial charge is 0.272 e. The maximum atomic E-state index is 13.5. The van der Waals surface area contributed by atoms with E-state index in [2.05, 4.69) is 15.8 Å². The van der Waals surface area contributed by atoms with Crippen LogP contribution in [0.3, 0.4) is 0 Å². The van der Waals surface area contributed by atoms with Crippen LogP contribution in [0.25, 0.3) is 10.6 Å². The zero-order valence-corrected chi connectivity index (χ0v) is 14.8. The highest BCUT2D eigenvalue weighted by Crippen LogP contribution is 2.24. The first kappa shape index (κ1) is 17.8. The second-order valence-electron chi connectivity index (χ2n) is 5.67. The molecule has 1 heterocycles. The predicted octanol–water partition coefficient (Wildman–Crippen LogP) is 3.26. The van der Waals surface area contributed by atoms with Gasteiger partial charge in [-0.25, -0.2) is 9.37 Å². The van der Waals surface area contributed by atoms with E-state index in [-0.39, 0.29) is 12.0 Å². The van der Waals surface area contributed by atoms with Crippen LogP contribution >= 0.6 is 11.3 Å². The van der Waals surface area contributed by atoms with Gasteiger partial charge in [0.15, 0.2) is 0 Å². The molecule has 3 aromatic rings. The molecule has 0 spiro atoms. The van der Waals surface area contributed by atoms with Gasteiger partial charge in [0.1, 0.15) is 10.8 Å². The molecular weight excluding hydrogens is 353 g/mol. The average molecular weight is 369 g/mol. The summed E-state index contributed by atoms with van der Waals surface area (Å²) in [7, 11) is 0. The number of halogens is 1. The lowest BCUT2D eigenvalue weighted by molar-refractivity contribution is -0.121. The molecule has 5 nitrogen and oxygen atoms in total. The summed E-state index contributed by atoms with van der Waals surface area (Å²) in [5.74, 6) is -1.80. The fourth-order valence-electron chi connectivity index (χ4n) is 2.35. The molecule has 0 saturated heterocycles. The first-order chi connectivity index (χ1) is 12.5. The molecule has 7 heteroatoms. The molecule has 0 unspecified atom stereocenters. The van der Waals surface area contributed by atoms with Crippen LogP contribution in [-0.4, -0.2) is 16.8 Å². The molecule has 0 aliphatic carbocycles. The number of aryl methyl sites for hydroxylation is 1. The number of benzene rings is 2. The number of thiazole rings is 1. The van der Waals surface area contributed by atoms with Gasteiger partial charge in [-0.2, -0.15) is 0 Å². The number of carbonyl (C=O) groups excluding carboxylic acids is 2. The van der Waals surface area contributed by atoms with Crippen LogP contribution in [0.15, 0.2) is 53.9 Å². The molecule has 2 aromatic carbocycles. The Hall–Kier alpha value is -3.06. The van der Waals surface area contributed by atoms with Crippen LogP contribution in [0, 0.1) is 12.7 Å². The molecule has 0 saturated carbocycles. The molecule has 0 atom stereocenters. The number of hydrogen-bond donors (Lipinski definition) is 2. The van der Waals surface area contributed by atoms with Crippen molar-refractivity contribution in [2.24, 2.45) is 0 Å². The van der Waals surface area contributed by atoms with Gasteiger partial charge in [0.05, 0.1) is 17.7 Å². The Labute approximate surface area is 153 Å². The topological polar surface area (TPSA) is 71.1 Å². The Kier molecular flexibility index (Phi) is 5.38. The van der Waals surface area contributed by atoms with Crippen molar-refractivity contribution in [3.63, 3.8) is 0 Å². The lowest BCUT2D eigenvalue weighted by Crippen LogP contribution is -2.42. The first-order valence-corrected chi connectivity index (χ1v) is 8.76. The van der Waals surface area contributed by atoms with Crippen LogP contribution in [0.4, 0.5) is 4.39 Å². The number of amides is 2. The van der Waals surface area contributed by atoms with E-state index >= 15 is 0 Å². The summed E-state index contributed by atoms with van der Waals surface area (Å²) in [6, 6.07) is 13.5. The van der Waals surface area contributed by atoms with Gasteiger partial charge in [-0.3, -0.25) is 20.4 Å². The third-order valence-corrected chi connectivity index (χ3v) is 4.53. The van der Waals surface area contributed by atoms with Gasteiger partial charge in [-0.05, 0) is 25.1 Å². The zero-order valence-electron chi connectivity index (χ0n) is 14.0. The summed E-state index contributed by atoms with van der Waals surface area (Å²) in [6.07, 6.45) is 0.0138. The molecule has 0 aliphatic heterocycles. The first-order valence-electron chi connectivity index (χ1n) is 7.88. The minimum Gasteiger partial charge on any atom is -0.273 e. The van der Waals surface area contributed by atoms with E-state index in [1.165, 1.54) is 29.5 Å². The van der Waals surface area contributed by atoms with E-state index in [0.717, 1.165) is 16.1 Å². The predicted molar refractivity (Wildman–Crippen MR) is 98.0 cm³/mol. The Morgan fingerprint density at radius 1 is 1.12 bits per heavy atom. The van der Waals surface area contributed by atoms with Crippen molar-refractivity contribution in [3.8, 4) is 10.6 Å². The van der Waals surface area contributed by atoms with Gasteiger partial charge in [-0.1, -0.05) is 35.9 Å². The number of hydrazine groups is 1. The number of aromatic nitrogens is 1. The molecule has 132 valence electrons. The number of nitrogens with zero attached hydrogens (tertiary/aromatic N) is 1. The fraction of sp³-hybridized carbons (Fsp3) is 0.105. The van der Waals surface area contributed by atoms with Gasteiger partial charge in [0.2, 0.25) is 5.91 Å². The number of nitrogens with one attached hydrogen (secondary N) is 2. The maximum Gasteiger partial charge on any atom is 0.272 e. The number of rotatable bonds is 4. The SMILES string of the molecule is Cc1cccc(-c2nc(CC(=O)NNC(=O)c3ccccc3F)cs2)c1. The molecule has 0 fully saturated rings. The van der Waals surface area contributed by atoms with Crippen molar-refractivity contribution < 1.29 is 14.0 Å². The average Bonchev–Trinajstić information content (AvgIpc) is 3.08. The van der Waals surface area contributed by atoms with Crippen LogP contribution in [0.5, 0.6) is 0 Å². The summed E-state index contributed by atoms with van der Waals surface area (Å²) in [4.78, 5) is 28.3. The van der Waals surface area contributed by atoms with Gasteiger partial charge >= 0.3 is 0 Å². The monoisotopic (exact) mass is 369 g/mol. The molecule has 1 aromatic heterocycles. The van der Waals surface area contributed by atoms with E-state index in [0.29, 0.717) is 5.69 Å². The third-order valence-electron chi connectivity index (χ3n) is 3.59. The maximum absolute atomic E-state index is 13.5. The van der Waals surface area contributed by atoms with Gasteiger partial charge < -0.3 is 0 Å². The Morgan fingerprint density at radius 3 is 2.69 bits per heavy atom. The molecule has 2 N–H and O–H groups in total. The second kappa shape index (κ2) is 7.88. The van der Waals surface area contributed by atoms with E-state index < -0.39 is 17.6 Å². The molecule has 0 bridgehead atoms. The van der Waals surface area contributed by atoms with Crippen molar-refractivity contribution in [3.05, 3.63) is 76.5 Å². The number of hydrogen-bond acceptors (Lipinski definition) is 4. The molecule has 0 aliphatic rings. The molecule has 3 rings (SSSR count). The minimum absolute atomic E-state index is 0.0138. The van der Waals surface area contributed by atoms with Crippen LogP contribution in [-0.2, 0) is 11.2 Å². The minimum atomic E-state index is -0.713. The lowest BCUT2D eigenvalue weighted by Gasteiger charge is -2.07. The summed E-state index contributed by atoms with van der Waals surface area (Å²) in [5.41, 5.74) is 7.07. The van der Waals surface area contributed by atoms with Gasteiger partial charge in [0.25, 0.3) is 5.91 Å². The van der Waals surface area contributed by atoms with E-state index in [1.807, 2.05) is 31.2 Å². The molecule has 0 radical (unpaired) electrons. The lowest BCUT2D eigenvalue weighted by atomic mass is 10.1. The molecular formula is C19H16FN3O2S. The van der Waals surface area contributed by atoms with Crippen molar-refractivity contribution in [2.45, 2.75) is 13.3 Å². The van der Waals surface area contributed by atoms with Crippen molar-refractivity contribution >= 4 is 23.2 Å². The van der Waals surface area contributed by atoms with Crippen molar-refractivity contribution in [1.29, 1.82) is 0 Å².